The second kappa shape index (κ2) is 6.43. The molecule has 0 saturated carbocycles. The average Bonchev–Trinajstić information content (AvgIpc) is 2.46. The van der Waals surface area contributed by atoms with Crippen LogP contribution < -0.4 is 5.73 Å². The molecule has 0 aliphatic carbocycles. The Bertz CT molecular complexity index is 729. The number of sulfonamides is 1. The van der Waals surface area contributed by atoms with Gasteiger partial charge in [0.05, 0.1) is 11.5 Å². The molecule has 2 aromatic rings. The van der Waals surface area contributed by atoms with Crippen molar-refractivity contribution >= 4 is 26.5 Å². The minimum atomic E-state index is -3.55. The first kappa shape index (κ1) is 15.8. The number of ether oxygens (including phenoxy) is 1. The van der Waals surface area contributed by atoms with Crippen LogP contribution in [-0.2, 0) is 14.8 Å². The van der Waals surface area contributed by atoms with E-state index < -0.39 is 10.0 Å². The molecule has 2 rings (SSSR count). The summed E-state index contributed by atoms with van der Waals surface area (Å²) < 4.78 is 32.0. The lowest BCUT2D eigenvalue weighted by atomic mass is 10.1. The van der Waals surface area contributed by atoms with Crippen molar-refractivity contribution in [2.75, 3.05) is 32.5 Å². The van der Waals surface area contributed by atoms with Gasteiger partial charge in [-0.1, -0.05) is 25.1 Å². The van der Waals surface area contributed by atoms with Crippen LogP contribution in [0.5, 0.6) is 0 Å². The lowest BCUT2D eigenvalue weighted by molar-refractivity contribution is 0.180. The van der Waals surface area contributed by atoms with Crippen molar-refractivity contribution in [3.05, 3.63) is 36.4 Å². The van der Waals surface area contributed by atoms with E-state index in [4.69, 9.17) is 10.5 Å². The van der Waals surface area contributed by atoms with Crippen LogP contribution in [-0.4, -0.2) is 39.5 Å². The lowest BCUT2D eigenvalue weighted by Gasteiger charge is -2.21. The van der Waals surface area contributed by atoms with Crippen LogP contribution in [0, 0.1) is 0 Å². The molecular formula is C15H20N2O3S. The van der Waals surface area contributed by atoms with E-state index >= 15 is 0 Å². The third-order valence-electron chi connectivity index (χ3n) is 3.38. The van der Waals surface area contributed by atoms with Gasteiger partial charge in [-0.05, 0) is 23.6 Å². The molecular weight excluding hydrogens is 288 g/mol. The highest BCUT2D eigenvalue weighted by Crippen LogP contribution is 2.27. The first-order chi connectivity index (χ1) is 10.0. The summed E-state index contributed by atoms with van der Waals surface area (Å²) in [5.41, 5.74) is 6.37. The van der Waals surface area contributed by atoms with E-state index in [-0.39, 0.29) is 0 Å². The standard InChI is InChI=1S/C15H20N2O3S/c1-3-17(9-10-20-2)21(18,19)15-6-4-5-12-11-13(16)7-8-14(12)15/h4-8,11H,3,9-10,16H2,1-2H3. The molecule has 0 aromatic heterocycles. The average molecular weight is 308 g/mol. The molecule has 0 amide bonds. The minimum absolute atomic E-state index is 0.304. The topological polar surface area (TPSA) is 72.6 Å². The van der Waals surface area contributed by atoms with Crippen molar-refractivity contribution in [1.29, 1.82) is 0 Å². The first-order valence-corrected chi connectivity index (χ1v) is 8.22. The third kappa shape index (κ3) is 3.18. The van der Waals surface area contributed by atoms with Crippen molar-refractivity contribution in [3.8, 4) is 0 Å². The lowest BCUT2D eigenvalue weighted by Crippen LogP contribution is -2.33. The van der Waals surface area contributed by atoms with E-state index in [0.29, 0.717) is 35.7 Å². The van der Waals surface area contributed by atoms with E-state index in [9.17, 15) is 8.42 Å². The Kier molecular flexibility index (Phi) is 4.82. The van der Waals surface area contributed by atoms with E-state index in [1.54, 1.807) is 37.4 Å². The number of nitrogen functional groups attached to an aromatic ring is 1. The van der Waals surface area contributed by atoms with E-state index in [2.05, 4.69) is 0 Å². The number of methoxy groups -OCH3 is 1. The number of benzene rings is 2. The summed E-state index contributed by atoms with van der Waals surface area (Å²) in [6, 6.07) is 10.5. The molecule has 6 heteroatoms. The largest absolute Gasteiger partial charge is 0.399 e. The number of likely N-dealkylation sites (N-methyl/N-ethyl adjacent to an activating group) is 1. The Morgan fingerprint density at radius 1 is 1.24 bits per heavy atom. The molecule has 0 heterocycles. The maximum Gasteiger partial charge on any atom is 0.243 e. The molecule has 0 spiro atoms. The zero-order valence-corrected chi connectivity index (χ0v) is 13.1. The molecule has 0 saturated heterocycles. The summed E-state index contributed by atoms with van der Waals surface area (Å²) in [6.45, 7) is 2.92. The monoisotopic (exact) mass is 308 g/mol. The molecule has 2 N–H and O–H groups in total. The van der Waals surface area contributed by atoms with E-state index in [1.807, 2.05) is 13.0 Å². The molecule has 0 atom stereocenters. The zero-order chi connectivity index (χ0) is 15.5. The highest BCUT2D eigenvalue weighted by Gasteiger charge is 2.24. The van der Waals surface area contributed by atoms with Crippen molar-refractivity contribution < 1.29 is 13.2 Å². The predicted octanol–water partition coefficient (Wildman–Crippen LogP) is 2.08. The summed E-state index contributed by atoms with van der Waals surface area (Å²) in [4.78, 5) is 0.304. The van der Waals surface area contributed by atoms with Crippen LogP contribution >= 0.6 is 0 Å². The van der Waals surface area contributed by atoms with Crippen LogP contribution in [0.15, 0.2) is 41.3 Å². The Balaban J connectivity index is 2.53. The summed E-state index contributed by atoms with van der Waals surface area (Å²) in [6.07, 6.45) is 0. The van der Waals surface area contributed by atoms with Crippen LogP contribution in [0.1, 0.15) is 6.92 Å². The summed E-state index contributed by atoms with van der Waals surface area (Å²) >= 11 is 0. The van der Waals surface area contributed by atoms with Gasteiger partial charge in [0, 0.05) is 31.3 Å². The maximum absolute atomic E-state index is 12.8. The van der Waals surface area contributed by atoms with Crippen molar-refractivity contribution in [2.45, 2.75) is 11.8 Å². The highest BCUT2D eigenvalue weighted by atomic mass is 32.2. The quantitative estimate of drug-likeness (QED) is 0.829. The summed E-state index contributed by atoms with van der Waals surface area (Å²) in [7, 11) is -1.99. The number of hydrogen-bond donors (Lipinski definition) is 1. The number of hydrogen-bond acceptors (Lipinski definition) is 4. The van der Waals surface area contributed by atoms with Gasteiger partial charge in [-0.25, -0.2) is 8.42 Å². The van der Waals surface area contributed by atoms with Crippen LogP contribution in [0.25, 0.3) is 10.8 Å². The van der Waals surface area contributed by atoms with Gasteiger partial charge in [0.2, 0.25) is 10.0 Å². The van der Waals surface area contributed by atoms with Crippen molar-refractivity contribution in [3.63, 3.8) is 0 Å². The highest BCUT2D eigenvalue weighted by molar-refractivity contribution is 7.89. The van der Waals surface area contributed by atoms with Gasteiger partial charge in [0.1, 0.15) is 0 Å². The number of anilines is 1. The Morgan fingerprint density at radius 2 is 2.00 bits per heavy atom. The molecule has 5 nitrogen and oxygen atoms in total. The van der Waals surface area contributed by atoms with Gasteiger partial charge in [-0.15, -0.1) is 0 Å². The molecule has 0 aliphatic heterocycles. The third-order valence-corrected chi connectivity index (χ3v) is 5.41. The molecule has 0 unspecified atom stereocenters. The van der Waals surface area contributed by atoms with Gasteiger partial charge in [-0.3, -0.25) is 0 Å². The van der Waals surface area contributed by atoms with Crippen LogP contribution in [0.2, 0.25) is 0 Å². The van der Waals surface area contributed by atoms with Gasteiger partial charge in [-0.2, -0.15) is 4.31 Å². The molecule has 0 bridgehead atoms. The predicted molar refractivity (Wildman–Crippen MR) is 84.7 cm³/mol. The molecule has 0 fully saturated rings. The van der Waals surface area contributed by atoms with E-state index in [0.717, 1.165) is 5.39 Å². The Morgan fingerprint density at radius 3 is 2.67 bits per heavy atom. The SMILES string of the molecule is CCN(CCOC)S(=O)(=O)c1cccc2cc(N)ccc12. The van der Waals surface area contributed by atoms with Gasteiger partial charge in [0.25, 0.3) is 0 Å². The summed E-state index contributed by atoms with van der Waals surface area (Å²) in [5, 5.41) is 1.50. The number of nitrogens with zero attached hydrogens (tertiary/aromatic N) is 1. The van der Waals surface area contributed by atoms with Crippen molar-refractivity contribution in [1.82, 2.24) is 4.31 Å². The second-order valence-corrected chi connectivity index (χ2v) is 6.63. The zero-order valence-electron chi connectivity index (χ0n) is 12.2. The molecule has 21 heavy (non-hydrogen) atoms. The Labute approximate surface area is 125 Å². The molecule has 0 radical (unpaired) electrons. The second-order valence-electron chi connectivity index (χ2n) is 4.73. The maximum atomic E-state index is 12.8. The van der Waals surface area contributed by atoms with Crippen molar-refractivity contribution in [2.24, 2.45) is 0 Å². The van der Waals surface area contributed by atoms with Crippen LogP contribution in [0.3, 0.4) is 0 Å². The van der Waals surface area contributed by atoms with Gasteiger partial charge in [0.15, 0.2) is 0 Å². The Hall–Kier alpha value is -1.63. The van der Waals surface area contributed by atoms with Crippen LogP contribution in [0.4, 0.5) is 5.69 Å². The fraction of sp³-hybridized carbons (Fsp3) is 0.333. The number of nitrogens with two attached hydrogens (primary N) is 1. The fourth-order valence-corrected chi connectivity index (χ4v) is 3.93. The molecule has 2 aromatic carbocycles. The number of fused-ring (bicyclic) bond motifs is 1. The summed E-state index contributed by atoms with van der Waals surface area (Å²) in [5.74, 6) is 0. The molecule has 0 aliphatic rings. The molecule has 114 valence electrons. The first-order valence-electron chi connectivity index (χ1n) is 6.78. The minimum Gasteiger partial charge on any atom is -0.399 e. The fourth-order valence-electron chi connectivity index (χ4n) is 2.28. The van der Waals surface area contributed by atoms with E-state index in [1.165, 1.54) is 4.31 Å². The normalized spacial score (nSPS) is 12.1. The van der Waals surface area contributed by atoms with Gasteiger partial charge < -0.3 is 10.5 Å². The van der Waals surface area contributed by atoms with Gasteiger partial charge >= 0.3 is 0 Å². The smallest absolute Gasteiger partial charge is 0.243 e. The number of rotatable bonds is 6.